The third-order valence-electron chi connectivity index (χ3n) is 2.88. The molecular formula is C14H16N2OS. The van der Waals surface area contributed by atoms with Gasteiger partial charge in [-0.25, -0.2) is 4.98 Å². The topological polar surface area (TPSA) is 42.0 Å². The summed E-state index contributed by atoms with van der Waals surface area (Å²) in [5.41, 5.74) is 3.81. The van der Waals surface area contributed by atoms with Gasteiger partial charge in [-0.05, 0) is 39.3 Å². The molecule has 0 saturated carbocycles. The Kier molecular flexibility index (Phi) is 3.48. The first-order chi connectivity index (χ1) is 8.47. The van der Waals surface area contributed by atoms with E-state index in [0.717, 1.165) is 21.7 Å². The van der Waals surface area contributed by atoms with E-state index in [1.165, 1.54) is 11.3 Å². The molecule has 0 unspecified atom stereocenters. The summed E-state index contributed by atoms with van der Waals surface area (Å²) in [6.45, 7) is 7.90. The summed E-state index contributed by atoms with van der Waals surface area (Å²) in [6.07, 6.45) is 0. The number of aryl methyl sites for hydroxylation is 4. The first-order valence-corrected chi connectivity index (χ1v) is 6.61. The number of carbonyl (C=O) groups excluding carboxylic acids is 1. The van der Waals surface area contributed by atoms with Crippen LogP contribution in [0.15, 0.2) is 18.2 Å². The lowest BCUT2D eigenvalue weighted by molar-refractivity contribution is 0.102. The Hall–Kier alpha value is -1.68. The summed E-state index contributed by atoms with van der Waals surface area (Å²) in [5.74, 6) is -0.0961. The van der Waals surface area contributed by atoms with E-state index in [9.17, 15) is 4.79 Å². The molecule has 0 spiro atoms. The van der Waals surface area contributed by atoms with E-state index in [2.05, 4.69) is 10.3 Å². The van der Waals surface area contributed by atoms with Gasteiger partial charge in [-0.3, -0.25) is 10.1 Å². The van der Waals surface area contributed by atoms with Crippen LogP contribution in [0, 0.1) is 27.7 Å². The highest BCUT2D eigenvalue weighted by Gasteiger charge is 2.12. The van der Waals surface area contributed by atoms with Crippen LogP contribution in [0.4, 0.5) is 5.13 Å². The number of hydrogen-bond donors (Lipinski definition) is 1. The SMILES string of the molecule is Cc1ccc(C(=O)Nc2nc(C)c(C)s2)c(C)c1. The predicted molar refractivity (Wildman–Crippen MR) is 75.5 cm³/mol. The van der Waals surface area contributed by atoms with Gasteiger partial charge < -0.3 is 0 Å². The van der Waals surface area contributed by atoms with Crippen LogP contribution in [0.1, 0.15) is 32.1 Å². The molecule has 94 valence electrons. The van der Waals surface area contributed by atoms with Gasteiger partial charge in [0.2, 0.25) is 0 Å². The van der Waals surface area contributed by atoms with Gasteiger partial charge in [0.15, 0.2) is 5.13 Å². The maximum atomic E-state index is 12.1. The predicted octanol–water partition coefficient (Wildman–Crippen LogP) is 3.63. The molecule has 0 fully saturated rings. The summed E-state index contributed by atoms with van der Waals surface area (Å²) in [5, 5.41) is 3.51. The summed E-state index contributed by atoms with van der Waals surface area (Å²) in [7, 11) is 0. The minimum absolute atomic E-state index is 0.0961. The van der Waals surface area contributed by atoms with E-state index in [1.807, 2.05) is 45.9 Å². The molecule has 0 atom stereocenters. The van der Waals surface area contributed by atoms with E-state index in [-0.39, 0.29) is 5.91 Å². The van der Waals surface area contributed by atoms with Crippen molar-refractivity contribution in [2.45, 2.75) is 27.7 Å². The number of aromatic nitrogens is 1. The van der Waals surface area contributed by atoms with Crippen molar-refractivity contribution >= 4 is 22.4 Å². The minimum atomic E-state index is -0.0961. The van der Waals surface area contributed by atoms with E-state index in [0.29, 0.717) is 10.7 Å². The maximum Gasteiger partial charge on any atom is 0.257 e. The van der Waals surface area contributed by atoms with Gasteiger partial charge in [0.25, 0.3) is 5.91 Å². The third kappa shape index (κ3) is 2.59. The molecule has 2 rings (SSSR count). The third-order valence-corrected chi connectivity index (χ3v) is 3.86. The van der Waals surface area contributed by atoms with Crippen LogP contribution in [0.2, 0.25) is 0 Å². The quantitative estimate of drug-likeness (QED) is 0.896. The molecule has 0 radical (unpaired) electrons. The number of benzene rings is 1. The van der Waals surface area contributed by atoms with E-state index in [4.69, 9.17) is 0 Å². The van der Waals surface area contributed by atoms with Crippen LogP contribution in [0.5, 0.6) is 0 Å². The van der Waals surface area contributed by atoms with Crippen LogP contribution >= 0.6 is 11.3 Å². The lowest BCUT2D eigenvalue weighted by Crippen LogP contribution is -2.13. The van der Waals surface area contributed by atoms with Gasteiger partial charge in [-0.1, -0.05) is 17.7 Å². The fraction of sp³-hybridized carbons (Fsp3) is 0.286. The molecule has 1 heterocycles. The second-order valence-electron chi connectivity index (χ2n) is 4.43. The zero-order valence-electron chi connectivity index (χ0n) is 11.0. The van der Waals surface area contributed by atoms with Gasteiger partial charge in [-0.2, -0.15) is 0 Å². The second-order valence-corrected chi connectivity index (χ2v) is 5.64. The Labute approximate surface area is 111 Å². The zero-order chi connectivity index (χ0) is 13.3. The smallest absolute Gasteiger partial charge is 0.257 e. The van der Waals surface area contributed by atoms with Gasteiger partial charge in [0.1, 0.15) is 0 Å². The van der Waals surface area contributed by atoms with Crippen molar-refractivity contribution in [1.82, 2.24) is 4.98 Å². The second kappa shape index (κ2) is 4.90. The number of anilines is 1. The van der Waals surface area contributed by atoms with E-state index < -0.39 is 0 Å². The lowest BCUT2D eigenvalue weighted by atomic mass is 10.1. The van der Waals surface area contributed by atoms with Gasteiger partial charge in [0, 0.05) is 10.4 Å². The van der Waals surface area contributed by atoms with Crippen molar-refractivity contribution in [2.24, 2.45) is 0 Å². The van der Waals surface area contributed by atoms with Crippen molar-refractivity contribution in [3.63, 3.8) is 0 Å². The number of thiazole rings is 1. The van der Waals surface area contributed by atoms with Crippen LogP contribution in [0.25, 0.3) is 0 Å². The van der Waals surface area contributed by atoms with Gasteiger partial charge in [-0.15, -0.1) is 11.3 Å². The molecule has 0 bridgehead atoms. The Morgan fingerprint density at radius 3 is 2.50 bits per heavy atom. The van der Waals surface area contributed by atoms with E-state index >= 15 is 0 Å². The number of rotatable bonds is 2. The monoisotopic (exact) mass is 260 g/mol. The zero-order valence-corrected chi connectivity index (χ0v) is 11.8. The van der Waals surface area contributed by atoms with Gasteiger partial charge >= 0.3 is 0 Å². The van der Waals surface area contributed by atoms with Crippen molar-refractivity contribution in [2.75, 3.05) is 5.32 Å². The van der Waals surface area contributed by atoms with Crippen LogP contribution in [0.3, 0.4) is 0 Å². The van der Waals surface area contributed by atoms with Crippen molar-refractivity contribution < 1.29 is 4.79 Å². The summed E-state index contributed by atoms with van der Waals surface area (Å²) in [4.78, 5) is 17.6. The lowest BCUT2D eigenvalue weighted by Gasteiger charge is -2.06. The average Bonchev–Trinajstić information content (AvgIpc) is 2.57. The van der Waals surface area contributed by atoms with Gasteiger partial charge in [0.05, 0.1) is 5.69 Å². The summed E-state index contributed by atoms with van der Waals surface area (Å²) in [6, 6.07) is 5.81. The molecule has 0 saturated heterocycles. The summed E-state index contributed by atoms with van der Waals surface area (Å²) >= 11 is 1.50. The highest BCUT2D eigenvalue weighted by molar-refractivity contribution is 7.15. The molecule has 3 nitrogen and oxygen atoms in total. The number of nitrogens with one attached hydrogen (secondary N) is 1. The van der Waals surface area contributed by atoms with Crippen molar-refractivity contribution in [1.29, 1.82) is 0 Å². The van der Waals surface area contributed by atoms with Crippen LogP contribution in [-0.4, -0.2) is 10.9 Å². The molecule has 18 heavy (non-hydrogen) atoms. The van der Waals surface area contributed by atoms with Crippen molar-refractivity contribution in [3.05, 3.63) is 45.5 Å². The Morgan fingerprint density at radius 1 is 1.22 bits per heavy atom. The molecule has 0 aliphatic heterocycles. The molecule has 0 aliphatic rings. The first-order valence-electron chi connectivity index (χ1n) is 5.80. The number of nitrogens with zero attached hydrogens (tertiary/aromatic N) is 1. The number of amides is 1. The molecule has 2 aromatic rings. The molecule has 1 N–H and O–H groups in total. The summed E-state index contributed by atoms with van der Waals surface area (Å²) < 4.78 is 0. The Bertz CT molecular complexity index is 582. The highest BCUT2D eigenvalue weighted by atomic mass is 32.1. The first kappa shape index (κ1) is 12.8. The normalized spacial score (nSPS) is 10.4. The molecule has 0 aliphatic carbocycles. The molecule has 4 heteroatoms. The fourth-order valence-corrected chi connectivity index (χ4v) is 2.57. The standard InChI is InChI=1S/C14H16N2OS/c1-8-5-6-12(9(2)7-8)13(17)16-14-15-10(3)11(4)18-14/h5-7H,1-4H3,(H,15,16,17). The van der Waals surface area contributed by atoms with Crippen molar-refractivity contribution in [3.8, 4) is 0 Å². The molecule has 1 aromatic carbocycles. The molecule has 1 amide bonds. The van der Waals surface area contributed by atoms with E-state index in [1.54, 1.807) is 0 Å². The maximum absolute atomic E-state index is 12.1. The average molecular weight is 260 g/mol. The van der Waals surface area contributed by atoms with Crippen LogP contribution in [-0.2, 0) is 0 Å². The fourth-order valence-electron chi connectivity index (χ4n) is 1.76. The number of carbonyl (C=O) groups is 1. The molecular weight excluding hydrogens is 244 g/mol. The Morgan fingerprint density at radius 2 is 1.94 bits per heavy atom. The highest BCUT2D eigenvalue weighted by Crippen LogP contribution is 2.22. The Balaban J connectivity index is 2.22. The van der Waals surface area contributed by atoms with Crippen LogP contribution < -0.4 is 5.32 Å². The molecule has 1 aromatic heterocycles. The number of hydrogen-bond acceptors (Lipinski definition) is 3. The minimum Gasteiger partial charge on any atom is -0.298 e. The largest absolute Gasteiger partial charge is 0.298 e.